The summed E-state index contributed by atoms with van der Waals surface area (Å²) in [5, 5.41) is 8.56. The minimum atomic E-state index is 0.545. The summed E-state index contributed by atoms with van der Waals surface area (Å²) in [6.45, 7) is 4.18. The van der Waals surface area contributed by atoms with Crippen LogP contribution in [0, 0.1) is 13.8 Å². The van der Waals surface area contributed by atoms with Gasteiger partial charge in [-0.25, -0.2) is 0 Å². The van der Waals surface area contributed by atoms with Crippen LogP contribution in [-0.2, 0) is 0 Å². The molecule has 0 aromatic heterocycles. The van der Waals surface area contributed by atoms with E-state index in [9.17, 15) is 0 Å². The second kappa shape index (κ2) is 4.06. The summed E-state index contributed by atoms with van der Waals surface area (Å²) in [4.78, 5) is 0. The van der Waals surface area contributed by atoms with E-state index in [0.717, 1.165) is 17.0 Å². The number of hydrogen-bond donors (Lipinski definition) is 1. The molecule has 1 aromatic rings. The van der Waals surface area contributed by atoms with Crippen LogP contribution in [0.2, 0.25) is 0 Å². The Bertz CT molecular complexity index is 429. The first kappa shape index (κ1) is 10.2. The zero-order valence-electron chi connectivity index (χ0n) is 8.82. The molecule has 78 valence electrons. The Kier molecular flexibility index (Phi) is 2.77. The minimum absolute atomic E-state index is 0.545. The van der Waals surface area contributed by atoms with Crippen LogP contribution >= 0.6 is 11.8 Å². The number of nitrogens with zero attached hydrogens (tertiary/aromatic N) is 2. The molecule has 15 heavy (non-hydrogen) atoms. The summed E-state index contributed by atoms with van der Waals surface area (Å²) in [6, 6.07) is 6.41. The van der Waals surface area contributed by atoms with Gasteiger partial charge >= 0.3 is 0 Å². The first-order valence-corrected chi connectivity index (χ1v) is 5.75. The van der Waals surface area contributed by atoms with Crippen LogP contribution in [0.5, 0.6) is 0 Å². The van der Waals surface area contributed by atoms with Gasteiger partial charge < -0.3 is 5.73 Å². The average molecular weight is 219 g/mol. The zero-order chi connectivity index (χ0) is 10.8. The van der Waals surface area contributed by atoms with Crippen molar-refractivity contribution >= 4 is 22.6 Å². The number of hydrogen-bond acceptors (Lipinski definition) is 4. The monoisotopic (exact) mass is 219 g/mol. The van der Waals surface area contributed by atoms with Gasteiger partial charge in [-0.1, -0.05) is 41.1 Å². The summed E-state index contributed by atoms with van der Waals surface area (Å²) >= 11 is 1.53. The number of aryl methyl sites for hydroxylation is 2. The third-order valence-corrected chi connectivity index (χ3v) is 2.98. The van der Waals surface area contributed by atoms with Gasteiger partial charge in [-0.15, -0.1) is 5.10 Å². The highest BCUT2D eigenvalue weighted by molar-refractivity contribution is 8.14. The van der Waals surface area contributed by atoms with Crippen molar-refractivity contribution in [2.24, 2.45) is 15.9 Å². The number of thioether (sulfide) groups is 1. The molecule has 0 spiro atoms. The largest absolute Gasteiger partial charge is 0.377 e. The Balaban J connectivity index is 2.38. The van der Waals surface area contributed by atoms with Crippen LogP contribution in [0.3, 0.4) is 0 Å². The minimum Gasteiger partial charge on any atom is -0.377 e. The molecule has 0 saturated heterocycles. The molecular weight excluding hydrogens is 206 g/mol. The quantitative estimate of drug-likeness (QED) is 0.786. The standard InChI is InChI=1S/C11H13N3S/c1-7-3-8(2)5-9(4-7)10-6-15-11(12)14-13-10/h3-5H,6H2,1-2H3,(H2,12,14). The van der Waals surface area contributed by atoms with Crippen molar-refractivity contribution in [1.82, 2.24) is 0 Å². The van der Waals surface area contributed by atoms with Crippen LogP contribution in [0.1, 0.15) is 16.7 Å². The topological polar surface area (TPSA) is 50.7 Å². The molecule has 0 saturated carbocycles. The third-order valence-electron chi connectivity index (χ3n) is 2.18. The lowest BCUT2D eigenvalue weighted by molar-refractivity contribution is 1.22. The lowest BCUT2D eigenvalue weighted by atomic mass is 10.0. The molecule has 1 aliphatic heterocycles. The second-order valence-corrected chi connectivity index (χ2v) is 4.65. The highest BCUT2D eigenvalue weighted by atomic mass is 32.2. The lowest BCUT2D eigenvalue weighted by Gasteiger charge is -2.10. The van der Waals surface area contributed by atoms with Gasteiger partial charge in [0.15, 0.2) is 5.17 Å². The van der Waals surface area contributed by atoms with E-state index in [1.165, 1.54) is 22.9 Å². The fraction of sp³-hybridized carbons (Fsp3) is 0.273. The molecule has 1 aromatic carbocycles. The van der Waals surface area contributed by atoms with Crippen molar-refractivity contribution in [3.8, 4) is 0 Å². The molecule has 1 aliphatic rings. The van der Waals surface area contributed by atoms with Crippen molar-refractivity contribution < 1.29 is 0 Å². The molecule has 1 heterocycles. The maximum atomic E-state index is 5.54. The molecule has 0 radical (unpaired) electrons. The van der Waals surface area contributed by atoms with Crippen molar-refractivity contribution in [2.75, 3.05) is 5.75 Å². The van der Waals surface area contributed by atoms with Gasteiger partial charge in [0.1, 0.15) is 0 Å². The predicted octanol–water partition coefficient (Wildman–Crippen LogP) is 2.07. The summed E-state index contributed by atoms with van der Waals surface area (Å²) in [7, 11) is 0. The first-order valence-electron chi connectivity index (χ1n) is 4.76. The Morgan fingerprint density at radius 2 is 1.80 bits per heavy atom. The van der Waals surface area contributed by atoms with Crippen molar-refractivity contribution in [2.45, 2.75) is 13.8 Å². The van der Waals surface area contributed by atoms with E-state index in [4.69, 9.17) is 5.73 Å². The van der Waals surface area contributed by atoms with Crippen molar-refractivity contribution in [3.63, 3.8) is 0 Å². The number of rotatable bonds is 1. The average Bonchev–Trinajstić information content (AvgIpc) is 2.17. The van der Waals surface area contributed by atoms with Gasteiger partial charge in [-0.05, 0) is 19.4 Å². The number of amidine groups is 1. The van der Waals surface area contributed by atoms with E-state index in [-0.39, 0.29) is 0 Å². The Morgan fingerprint density at radius 1 is 1.13 bits per heavy atom. The van der Waals surface area contributed by atoms with E-state index in [2.05, 4.69) is 42.2 Å². The molecule has 3 nitrogen and oxygen atoms in total. The molecule has 0 aliphatic carbocycles. The van der Waals surface area contributed by atoms with Gasteiger partial charge in [-0.3, -0.25) is 0 Å². The van der Waals surface area contributed by atoms with E-state index >= 15 is 0 Å². The Morgan fingerprint density at radius 3 is 2.33 bits per heavy atom. The molecule has 2 rings (SSSR count). The molecule has 4 heteroatoms. The fourth-order valence-electron chi connectivity index (χ4n) is 1.59. The SMILES string of the molecule is Cc1cc(C)cc(C2=NN=C(N)SC2)c1. The van der Waals surface area contributed by atoms with Crippen LogP contribution in [0.25, 0.3) is 0 Å². The first-order chi connectivity index (χ1) is 7.15. The van der Waals surface area contributed by atoms with Gasteiger partial charge in [0, 0.05) is 5.75 Å². The summed E-state index contributed by atoms with van der Waals surface area (Å²) < 4.78 is 0. The summed E-state index contributed by atoms with van der Waals surface area (Å²) in [5.74, 6) is 0.804. The number of benzene rings is 1. The summed E-state index contributed by atoms with van der Waals surface area (Å²) in [6.07, 6.45) is 0. The fourth-order valence-corrected chi connectivity index (χ4v) is 2.20. The summed E-state index contributed by atoms with van der Waals surface area (Å²) in [5.41, 5.74) is 10.2. The van der Waals surface area contributed by atoms with Gasteiger partial charge in [0.05, 0.1) is 5.71 Å². The zero-order valence-corrected chi connectivity index (χ0v) is 9.64. The van der Waals surface area contributed by atoms with Crippen LogP contribution in [-0.4, -0.2) is 16.6 Å². The Labute approximate surface area is 93.5 Å². The van der Waals surface area contributed by atoms with E-state index in [1.54, 1.807) is 0 Å². The molecule has 0 fully saturated rings. The smallest absolute Gasteiger partial charge is 0.180 e. The molecule has 0 unspecified atom stereocenters. The van der Waals surface area contributed by atoms with Crippen LogP contribution in [0.4, 0.5) is 0 Å². The molecule has 0 amide bonds. The Hall–Kier alpha value is -1.29. The lowest BCUT2D eigenvalue weighted by Crippen LogP contribution is -2.16. The van der Waals surface area contributed by atoms with Gasteiger partial charge in [0.2, 0.25) is 0 Å². The van der Waals surface area contributed by atoms with Crippen LogP contribution < -0.4 is 5.73 Å². The maximum Gasteiger partial charge on any atom is 0.180 e. The molecule has 2 N–H and O–H groups in total. The third kappa shape index (κ3) is 2.39. The van der Waals surface area contributed by atoms with E-state index < -0.39 is 0 Å². The highest BCUT2D eigenvalue weighted by Gasteiger charge is 2.10. The molecular formula is C11H13N3S. The maximum absolute atomic E-state index is 5.54. The van der Waals surface area contributed by atoms with E-state index in [0.29, 0.717) is 5.17 Å². The normalized spacial score (nSPS) is 15.9. The molecule has 0 atom stereocenters. The second-order valence-electron chi connectivity index (χ2n) is 3.65. The van der Waals surface area contributed by atoms with E-state index in [1.807, 2.05) is 0 Å². The predicted molar refractivity (Wildman–Crippen MR) is 66.5 cm³/mol. The van der Waals surface area contributed by atoms with Gasteiger partial charge in [0.25, 0.3) is 0 Å². The molecule has 0 bridgehead atoms. The van der Waals surface area contributed by atoms with Crippen molar-refractivity contribution in [1.29, 1.82) is 0 Å². The van der Waals surface area contributed by atoms with Crippen LogP contribution in [0.15, 0.2) is 28.4 Å². The van der Waals surface area contributed by atoms with Gasteiger partial charge in [-0.2, -0.15) is 5.10 Å². The highest BCUT2D eigenvalue weighted by Crippen LogP contribution is 2.16. The number of nitrogens with two attached hydrogens (primary N) is 1. The van der Waals surface area contributed by atoms with Crippen molar-refractivity contribution in [3.05, 3.63) is 34.9 Å².